The van der Waals surface area contributed by atoms with E-state index in [9.17, 15) is 30.0 Å². The molecule has 10 heteroatoms. The first-order valence-electron chi connectivity index (χ1n) is 6.18. The van der Waals surface area contributed by atoms with Crippen LogP contribution in [0, 0.1) is 0 Å². The minimum atomic E-state index is -2.78. The molecule has 21 heavy (non-hydrogen) atoms. The number of aliphatic hydroxyl groups excluding tert-OH is 4. The summed E-state index contributed by atoms with van der Waals surface area (Å²) < 4.78 is 4.86. The van der Waals surface area contributed by atoms with Crippen molar-refractivity contribution >= 4 is 11.9 Å². The minimum Gasteiger partial charge on any atom is -0.477 e. The third-order valence-corrected chi connectivity index (χ3v) is 3.21. The van der Waals surface area contributed by atoms with Crippen molar-refractivity contribution in [2.45, 2.75) is 49.6 Å². The molecule has 6 atom stereocenters. The van der Waals surface area contributed by atoms with Crippen LogP contribution in [0.4, 0.5) is 0 Å². The molecule has 1 aliphatic heterocycles. The summed E-state index contributed by atoms with van der Waals surface area (Å²) in [6, 6.07) is -1.27. The lowest BCUT2D eigenvalue weighted by atomic mass is 9.88. The van der Waals surface area contributed by atoms with Crippen LogP contribution in [0.3, 0.4) is 0 Å². The third kappa shape index (κ3) is 3.87. The maximum absolute atomic E-state index is 11.1. The normalized spacial score (nSPS) is 35.8. The Morgan fingerprint density at radius 2 is 2.00 bits per heavy atom. The highest BCUT2D eigenvalue weighted by Crippen LogP contribution is 2.30. The van der Waals surface area contributed by atoms with Crippen LogP contribution in [-0.2, 0) is 14.3 Å². The quantitative estimate of drug-likeness (QED) is 0.268. The molecule has 1 aliphatic rings. The first kappa shape index (κ1) is 17.8. The highest BCUT2D eigenvalue weighted by molar-refractivity contribution is 5.76. The van der Waals surface area contributed by atoms with E-state index in [1.165, 1.54) is 0 Å². The second-order valence-corrected chi connectivity index (χ2v) is 4.91. The van der Waals surface area contributed by atoms with Crippen molar-refractivity contribution in [1.82, 2.24) is 5.32 Å². The standard InChI is InChI=1S/C11H19NO9/c1-4(14)12-7-5(15)2-11(20,10(18)19)21-9(7)8(17)6(16)3-13/h5-9,13,15-17,20H,2-3H2,1H3,(H,12,14)(H,18,19)/t5-,6-,7-,8+,9?,11+/m0/s1. The van der Waals surface area contributed by atoms with Gasteiger partial charge in [-0.2, -0.15) is 0 Å². The molecular weight excluding hydrogens is 290 g/mol. The molecule has 1 amide bonds. The van der Waals surface area contributed by atoms with Gasteiger partial charge in [0.15, 0.2) is 0 Å². The van der Waals surface area contributed by atoms with Gasteiger partial charge >= 0.3 is 5.97 Å². The van der Waals surface area contributed by atoms with E-state index in [4.69, 9.17) is 14.9 Å². The number of hydrogen-bond donors (Lipinski definition) is 7. The first-order chi connectivity index (χ1) is 9.62. The Morgan fingerprint density at radius 1 is 1.43 bits per heavy atom. The number of hydrogen-bond acceptors (Lipinski definition) is 8. The summed E-state index contributed by atoms with van der Waals surface area (Å²) in [6.07, 6.45) is -7.48. The van der Waals surface area contributed by atoms with Gasteiger partial charge in [-0.3, -0.25) is 4.79 Å². The second-order valence-electron chi connectivity index (χ2n) is 4.91. The van der Waals surface area contributed by atoms with Crippen LogP contribution in [-0.4, -0.2) is 85.4 Å². The maximum Gasteiger partial charge on any atom is 0.364 e. The fourth-order valence-corrected chi connectivity index (χ4v) is 2.14. The van der Waals surface area contributed by atoms with Crippen LogP contribution < -0.4 is 5.32 Å². The number of aliphatic hydroxyl groups is 5. The zero-order valence-electron chi connectivity index (χ0n) is 11.2. The molecule has 1 fully saturated rings. The van der Waals surface area contributed by atoms with Crippen LogP contribution in [0.25, 0.3) is 0 Å². The van der Waals surface area contributed by atoms with Crippen LogP contribution in [0.15, 0.2) is 0 Å². The molecule has 0 spiro atoms. The average molecular weight is 309 g/mol. The van der Waals surface area contributed by atoms with Gasteiger partial charge in [-0.25, -0.2) is 4.79 Å². The molecule has 0 saturated carbocycles. The number of aliphatic carboxylic acids is 1. The van der Waals surface area contributed by atoms with Gasteiger partial charge in [-0.1, -0.05) is 0 Å². The van der Waals surface area contributed by atoms with Crippen molar-refractivity contribution < 1.29 is 45.0 Å². The Labute approximate surface area is 119 Å². The lowest BCUT2D eigenvalue weighted by molar-refractivity contribution is -0.295. The van der Waals surface area contributed by atoms with Crippen molar-refractivity contribution in [2.24, 2.45) is 0 Å². The number of carboxylic acids is 1. The summed E-state index contributed by atoms with van der Waals surface area (Å²) in [5, 5.41) is 59.0. The largest absolute Gasteiger partial charge is 0.477 e. The Balaban J connectivity index is 3.07. The van der Waals surface area contributed by atoms with Crippen molar-refractivity contribution in [3.05, 3.63) is 0 Å². The second kappa shape index (κ2) is 6.64. The summed E-state index contributed by atoms with van der Waals surface area (Å²) in [7, 11) is 0. The molecule has 1 rings (SSSR count). The highest BCUT2D eigenvalue weighted by Gasteiger charge is 2.53. The molecule has 7 N–H and O–H groups in total. The fraction of sp³-hybridized carbons (Fsp3) is 0.818. The number of nitrogens with one attached hydrogen (secondary N) is 1. The van der Waals surface area contributed by atoms with Gasteiger partial charge in [-0.05, 0) is 0 Å². The molecule has 0 aromatic heterocycles. The van der Waals surface area contributed by atoms with Gasteiger partial charge in [0.2, 0.25) is 5.91 Å². The van der Waals surface area contributed by atoms with E-state index < -0.39 is 61.1 Å². The number of ether oxygens (including phenoxy) is 1. The van der Waals surface area contributed by atoms with E-state index in [2.05, 4.69) is 5.32 Å². The van der Waals surface area contributed by atoms with Crippen LogP contribution >= 0.6 is 0 Å². The molecule has 0 bridgehead atoms. The van der Waals surface area contributed by atoms with E-state index in [-0.39, 0.29) is 0 Å². The number of carbonyl (C=O) groups is 2. The summed E-state index contributed by atoms with van der Waals surface area (Å²) in [5.41, 5.74) is 0. The molecule has 122 valence electrons. The Hall–Kier alpha value is -1.30. The summed E-state index contributed by atoms with van der Waals surface area (Å²) in [4.78, 5) is 22.1. The number of rotatable bonds is 5. The highest BCUT2D eigenvalue weighted by atomic mass is 16.7. The van der Waals surface area contributed by atoms with Crippen molar-refractivity contribution in [1.29, 1.82) is 0 Å². The van der Waals surface area contributed by atoms with Crippen LogP contribution in [0.2, 0.25) is 0 Å². The van der Waals surface area contributed by atoms with Crippen molar-refractivity contribution in [3.8, 4) is 0 Å². The maximum atomic E-state index is 11.1. The van der Waals surface area contributed by atoms with Gasteiger partial charge in [-0.15, -0.1) is 0 Å². The Morgan fingerprint density at radius 3 is 2.43 bits per heavy atom. The smallest absolute Gasteiger partial charge is 0.364 e. The van der Waals surface area contributed by atoms with E-state index in [1.54, 1.807) is 0 Å². The van der Waals surface area contributed by atoms with E-state index in [0.717, 1.165) is 6.92 Å². The van der Waals surface area contributed by atoms with E-state index in [1.807, 2.05) is 0 Å². The average Bonchev–Trinajstić information content (AvgIpc) is 2.39. The number of amides is 1. The Bertz CT molecular complexity index is 403. The SMILES string of the molecule is CC(=O)N[C@@H]1C([C@H](O)[C@@H](O)CO)O[C@@](O)(C(=O)O)C[C@@H]1O. The molecule has 0 aromatic rings. The Kier molecular flexibility index (Phi) is 5.61. The zero-order valence-corrected chi connectivity index (χ0v) is 11.2. The first-order valence-corrected chi connectivity index (χ1v) is 6.18. The van der Waals surface area contributed by atoms with Gasteiger partial charge < -0.3 is 40.7 Å². The van der Waals surface area contributed by atoms with Gasteiger partial charge in [0, 0.05) is 13.3 Å². The number of carbonyl (C=O) groups excluding carboxylic acids is 1. The molecule has 0 aliphatic carbocycles. The molecule has 1 heterocycles. The summed E-state index contributed by atoms with van der Waals surface area (Å²) in [5.74, 6) is -5.17. The lowest BCUT2D eigenvalue weighted by Gasteiger charge is -2.44. The van der Waals surface area contributed by atoms with Gasteiger partial charge in [0.25, 0.3) is 5.79 Å². The fourth-order valence-electron chi connectivity index (χ4n) is 2.14. The monoisotopic (exact) mass is 309 g/mol. The predicted octanol–water partition coefficient (Wildman–Crippen LogP) is -3.87. The van der Waals surface area contributed by atoms with Gasteiger partial charge in [0.1, 0.15) is 18.3 Å². The van der Waals surface area contributed by atoms with Crippen LogP contribution in [0.1, 0.15) is 13.3 Å². The topological polar surface area (TPSA) is 177 Å². The summed E-state index contributed by atoms with van der Waals surface area (Å²) in [6.45, 7) is 0.256. The van der Waals surface area contributed by atoms with Crippen molar-refractivity contribution in [2.75, 3.05) is 6.61 Å². The zero-order chi connectivity index (χ0) is 16.4. The van der Waals surface area contributed by atoms with Crippen LogP contribution in [0.5, 0.6) is 0 Å². The lowest BCUT2D eigenvalue weighted by Crippen LogP contribution is -2.67. The molecule has 10 nitrogen and oxygen atoms in total. The third-order valence-electron chi connectivity index (χ3n) is 3.21. The minimum absolute atomic E-state index is 0.598. The number of carboxylic acid groups (broad SMARTS) is 1. The molecule has 1 unspecified atom stereocenters. The van der Waals surface area contributed by atoms with Crippen molar-refractivity contribution in [3.63, 3.8) is 0 Å². The van der Waals surface area contributed by atoms with E-state index in [0.29, 0.717) is 0 Å². The molecule has 1 saturated heterocycles. The molecular formula is C11H19NO9. The molecule has 0 radical (unpaired) electrons. The predicted molar refractivity (Wildman–Crippen MR) is 64.8 cm³/mol. The molecule has 0 aromatic carbocycles. The van der Waals surface area contributed by atoms with E-state index >= 15 is 0 Å². The summed E-state index contributed by atoms with van der Waals surface area (Å²) >= 11 is 0. The van der Waals surface area contributed by atoms with Gasteiger partial charge in [0.05, 0.1) is 18.8 Å².